The molecule has 84 valence electrons. The minimum Gasteiger partial charge on any atom is -0.387 e. The zero-order valence-electron chi connectivity index (χ0n) is 7.19. The van der Waals surface area contributed by atoms with E-state index in [4.69, 9.17) is 25.5 Å². The number of carbonyl (C=O) groups excluding carboxylic acids is 1. The van der Waals surface area contributed by atoms with Crippen LogP contribution in [0.3, 0.4) is 0 Å². The summed E-state index contributed by atoms with van der Waals surface area (Å²) in [5, 5.41) is 44.9. The Morgan fingerprint density at radius 1 is 0.929 bits per heavy atom. The molecule has 0 saturated carbocycles. The second kappa shape index (κ2) is 6.03. The number of carbonyl (C=O) groups is 1. The largest absolute Gasteiger partial charge is 0.387 e. The number of hydrogen-bond acceptors (Lipinski definition) is 6. The van der Waals surface area contributed by atoms with E-state index in [2.05, 4.69) is 0 Å². The fraction of sp³-hybridized carbons (Fsp3) is 0.833. The van der Waals surface area contributed by atoms with Gasteiger partial charge in [0.25, 0.3) is 0 Å². The summed E-state index contributed by atoms with van der Waals surface area (Å²) >= 11 is 0. The zero-order valence-corrected chi connectivity index (χ0v) is 9.50. The van der Waals surface area contributed by atoms with E-state index >= 15 is 0 Å². The SMILES string of the molecule is O=C(C(O)P)[C@@H](O)[C@H](O)[C@H](O)C(O)P. The van der Waals surface area contributed by atoms with Gasteiger partial charge < -0.3 is 25.5 Å². The molecule has 14 heavy (non-hydrogen) atoms. The second-order valence-electron chi connectivity index (χ2n) is 2.76. The van der Waals surface area contributed by atoms with Crippen LogP contribution in [0.1, 0.15) is 0 Å². The average molecular weight is 244 g/mol. The molecule has 0 aromatic carbocycles. The molecule has 0 amide bonds. The molecule has 0 aromatic heterocycles. The quantitative estimate of drug-likeness (QED) is 0.329. The fourth-order valence-electron chi connectivity index (χ4n) is 0.732. The topological polar surface area (TPSA) is 118 Å². The zero-order chi connectivity index (χ0) is 11.5. The lowest BCUT2D eigenvalue weighted by molar-refractivity contribution is -0.145. The van der Waals surface area contributed by atoms with Crippen molar-refractivity contribution in [2.45, 2.75) is 30.0 Å². The molecule has 0 saturated heterocycles. The lowest BCUT2D eigenvalue weighted by Gasteiger charge is -2.24. The molecular weight excluding hydrogens is 230 g/mol. The highest BCUT2D eigenvalue weighted by Crippen LogP contribution is 2.12. The van der Waals surface area contributed by atoms with E-state index in [0.29, 0.717) is 0 Å². The van der Waals surface area contributed by atoms with Gasteiger partial charge in [-0.1, -0.05) is 9.24 Å². The minimum absolute atomic E-state index is 1.05. The molecule has 0 rings (SSSR count). The Bertz CT molecular complexity index is 197. The standard InChI is InChI=1S/C6H14O6P2/c7-1(3(9)5(11)13)2(8)4(10)6(12)14/h1-3,5-9,11-12H,13-14H2/t1-,2-,3-,5?,6?/m0/s1. The number of aliphatic hydroxyl groups excluding tert-OH is 5. The third-order valence-corrected chi connectivity index (χ3v) is 2.33. The molecule has 0 fully saturated rings. The first-order chi connectivity index (χ1) is 6.29. The van der Waals surface area contributed by atoms with Crippen LogP contribution in [0.15, 0.2) is 0 Å². The van der Waals surface area contributed by atoms with Gasteiger partial charge in [-0.2, -0.15) is 0 Å². The molecule has 5 N–H and O–H groups in total. The van der Waals surface area contributed by atoms with Crippen LogP contribution in [0.2, 0.25) is 0 Å². The molecule has 4 unspecified atom stereocenters. The summed E-state index contributed by atoms with van der Waals surface area (Å²) in [4.78, 5) is 10.9. The van der Waals surface area contributed by atoms with Crippen molar-refractivity contribution in [1.29, 1.82) is 0 Å². The predicted octanol–water partition coefficient (Wildman–Crippen LogP) is -2.97. The van der Waals surface area contributed by atoms with E-state index in [0.717, 1.165) is 0 Å². The van der Waals surface area contributed by atoms with Gasteiger partial charge in [-0.15, -0.1) is 9.24 Å². The smallest absolute Gasteiger partial charge is 0.196 e. The Morgan fingerprint density at radius 3 is 1.64 bits per heavy atom. The van der Waals surface area contributed by atoms with Crippen molar-refractivity contribution in [3.05, 3.63) is 0 Å². The maximum Gasteiger partial charge on any atom is 0.196 e. The Labute approximate surface area is 85.4 Å². The third-order valence-electron chi connectivity index (χ3n) is 1.61. The van der Waals surface area contributed by atoms with Gasteiger partial charge in [-0.3, -0.25) is 4.79 Å². The summed E-state index contributed by atoms with van der Waals surface area (Å²) in [6.45, 7) is 0. The van der Waals surface area contributed by atoms with E-state index < -0.39 is 35.8 Å². The molecule has 6 nitrogen and oxygen atoms in total. The molecule has 0 radical (unpaired) electrons. The predicted molar refractivity (Wildman–Crippen MR) is 54.5 cm³/mol. The van der Waals surface area contributed by atoms with Gasteiger partial charge in [-0.05, 0) is 0 Å². The number of aliphatic hydroxyl groups is 5. The molecule has 8 heteroatoms. The monoisotopic (exact) mass is 244 g/mol. The van der Waals surface area contributed by atoms with Crippen molar-refractivity contribution >= 4 is 24.3 Å². The van der Waals surface area contributed by atoms with Crippen molar-refractivity contribution in [3.8, 4) is 0 Å². The van der Waals surface area contributed by atoms with Crippen LogP contribution in [-0.4, -0.2) is 61.3 Å². The van der Waals surface area contributed by atoms with Crippen molar-refractivity contribution in [3.63, 3.8) is 0 Å². The van der Waals surface area contributed by atoms with Crippen molar-refractivity contribution in [1.82, 2.24) is 0 Å². The van der Waals surface area contributed by atoms with Crippen LogP contribution >= 0.6 is 18.5 Å². The van der Waals surface area contributed by atoms with Crippen LogP contribution in [0.4, 0.5) is 0 Å². The molecule has 0 spiro atoms. The fourth-order valence-corrected chi connectivity index (χ4v) is 1.16. The summed E-state index contributed by atoms with van der Waals surface area (Å²) in [6.07, 6.45) is -5.46. The molecular formula is C6H14O6P2. The number of hydrogen-bond donors (Lipinski definition) is 5. The van der Waals surface area contributed by atoms with Gasteiger partial charge in [0.05, 0.1) is 5.85 Å². The average Bonchev–Trinajstić information content (AvgIpc) is 2.12. The molecule has 0 aromatic rings. The molecule has 7 atom stereocenters. The summed E-state index contributed by atoms with van der Waals surface area (Å²) in [5.41, 5.74) is 0. The van der Waals surface area contributed by atoms with Crippen molar-refractivity contribution in [2.24, 2.45) is 0 Å². The van der Waals surface area contributed by atoms with Crippen molar-refractivity contribution < 1.29 is 30.3 Å². The van der Waals surface area contributed by atoms with Gasteiger partial charge in [0.2, 0.25) is 0 Å². The van der Waals surface area contributed by atoms with E-state index in [1.165, 1.54) is 0 Å². The molecule has 0 heterocycles. The van der Waals surface area contributed by atoms with E-state index in [9.17, 15) is 4.79 Å². The molecule has 0 aliphatic carbocycles. The van der Waals surface area contributed by atoms with Crippen LogP contribution in [0, 0.1) is 0 Å². The third kappa shape index (κ3) is 3.83. The number of rotatable bonds is 5. The highest BCUT2D eigenvalue weighted by Gasteiger charge is 2.34. The molecule has 0 bridgehead atoms. The maximum atomic E-state index is 10.9. The molecule has 0 aliphatic rings. The minimum atomic E-state index is -1.94. The maximum absolute atomic E-state index is 10.9. The van der Waals surface area contributed by atoms with Gasteiger partial charge in [0.15, 0.2) is 5.78 Å². The summed E-state index contributed by atoms with van der Waals surface area (Å²) in [7, 11) is 3.53. The van der Waals surface area contributed by atoms with Crippen LogP contribution in [0.5, 0.6) is 0 Å². The van der Waals surface area contributed by atoms with E-state index in [1.807, 2.05) is 0 Å². The van der Waals surface area contributed by atoms with Gasteiger partial charge in [-0.25, -0.2) is 0 Å². The lowest BCUT2D eigenvalue weighted by atomic mass is 10.1. The van der Waals surface area contributed by atoms with Gasteiger partial charge >= 0.3 is 0 Å². The van der Waals surface area contributed by atoms with Crippen LogP contribution in [-0.2, 0) is 4.79 Å². The Morgan fingerprint density at radius 2 is 1.36 bits per heavy atom. The lowest BCUT2D eigenvalue weighted by Crippen LogP contribution is -2.47. The Hall–Kier alpha value is 0.330. The van der Waals surface area contributed by atoms with Crippen LogP contribution < -0.4 is 0 Å². The second-order valence-corrected chi connectivity index (χ2v) is 4.08. The normalized spacial score (nSPS) is 22.2. The summed E-state index contributed by atoms with van der Waals surface area (Å²) in [6, 6.07) is 0. The summed E-state index contributed by atoms with van der Waals surface area (Å²) < 4.78 is 0. The molecule has 0 aliphatic heterocycles. The Balaban J connectivity index is 4.38. The first kappa shape index (κ1) is 14.3. The van der Waals surface area contributed by atoms with Gasteiger partial charge in [0, 0.05) is 0 Å². The van der Waals surface area contributed by atoms with Crippen LogP contribution in [0.25, 0.3) is 0 Å². The van der Waals surface area contributed by atoms with E-state index in [-0.39, 0.29) is 0 Å². The first-order valence-electron chi connectivity index (χ1n) is 3.74. The van der Waals surface area contributed by atoms with Gasteiger partial charge in [0.1, 0.15) is 24.2 Å². The van der Waals surface area contributed by atoms with Crippen molar-refractivity contribution in [2.75, 3.05) is 0 Å². The highest BCUT2D eigenvalue weighted by molar-refractivity contribution is 7.19. The number of ketones is 1. The highest BCUT2D eigenvalue weighted by atomic mass is 31.0. The summed E-state index contributed by atoms with van der Waals surface area (Å²) in [5.74, 6) is -3.94. The number of Topliss-reactive ketones (excluding diaryl/α,β-unsaturated/α-hetero) is 1. The first-order valence-corrected chi connectivity index (χ1v) is 5.07. The van der Waals surface area contributed by atoms with E-state index in [1.54, 1.807) is 18.5 Å². The Kier molecular flexibility index (Phi) is 6.17.